The lowest BCUT2D eigenvalue weighted by Crippen LogP contribution is -2.40. The monoisotopic (exact) mass is 394 g/mol. The Kier molecular flexibility index (Phi) is 8.25. The van der Waals surface area contributed by atoms with Gasteiger partial charge in [0, 0.05) is 23.7 Å². The van der Waals surface area contributed by atoms with Crippen LogP contribution < -0.4 is 20.2 Å². The van der Waals surface area contributed by atoms with Crippen molar-refractivity contribution in [3.8, 4) is 11.5 Å². The van der Waals surface area contributed by atoms with E-state index in [2.05, 4.69) is 15.8 Å². The van der Waals surface area contributed by atoms with Gasteiger partial charge in [0.2, 0.25) is 5.75 Å². The molecule has 0 heterocycles. The number of thiocarbonyl (C=S) groups is 1. The minimum atomic E-state index is -0.485. The van der Waals surface area contributed by atoms with E-state index in [-0.39, 0.29) is 11.4 Å². The molecule has 0 bridgehead atoms. The van der Waals surface area contributed by atoms with E-state index < -0.39 is 4.92 Å². The van der Waals surface area contributed by atoms with E-state index in [0.717, 1.165) is 12.8 Å². The third-order valence-electron chi connectivity index (χ3n) is 4.20. The van der Waals surface area contributed by atoms with Crippen molar-refractivity contribution < 1.29 is 14.4 Å². The molecule has 8 nitrogen and oxygen atoms in total. The summed E-state index contributed by atoms with van der Waals surface area (Å²) in [7, 11) is 0. The largest absolute Gasteiger partial charge is 0.493 e. The van der Waals surface area contributed by atoms with E-state index in [1.807, 2.05) is 6.92 Å². The predicted molar refractivity (Wildman–Crippen MR) is 109 cm³/mol. The molecular weight excluding hydrogens is 368 g/mol. The van der Waals surface area contributed by atoms with Crippen LogP contribution in [0.4, 0.5) is 5.69 Å². The summed E-state index contributed by atoms with van der Waals surface area (Å²) >= 11 is 5.26. The number of nitrogens with one attached hydrogen (secondary N) is 2. The summed E-state index contributed by atoms with van der Waals surface area (Å²) in [5.41, 5.74) is 3.11. The first kappa shape index (κ1) is 20.9. The lowest BCUT2D eigenvalue weighted by molar-refractivity contribution is -0.385. The molecule has 0 unspecified atom stereocenters. The lowest BCUT2D eigenvalue weighted by atomic mass is 9.96. The van der Waals surface area contributed by atoms with Crippen molar-refractivity contribution in [1.82, 2.24) is 10.7 Å². The molecule has 2 rings (SSSR count). The summed E-state index contributed by atoms with van der Waals surface area (Å²) in [5.74, 6) is 0.633. The molecule has 1 aliphatic rings. The summed E-state index contributed by atoms with van der Waals surface area (Å²) in [6, 6.07) is 3.28. The van der Waals surface area contributed by atoms with Crippen LogP contribution in [0, 0.1) is 10.1 Å². The molecule has 9 heteroatoms. The topological polar surface area (TPSA) is 98.0 Å². The Balaban J connectivity index is 2.10. The zero-order chi connectivity index (χ0) is 19.6. The maximum absolute atomic E-state index is 11.3. The van der Waals surface area contributed by atoms with E-state index in [9.17, 15) is 10.1 Å². The van der Waals surface area contributed by atoms with Crippen molar-refractivity contribution in [3.63, 3.8) is 0 Å². The van der Waals surface area contributed by atoms with Crippen LogP contribution in [-0.2, 0) is 0 Å². The van der Waals surface area contributed by atoms with E-state index in [1.54, 1.807) is 6.92 Å². The van der Waals surface area contributed by atoms with Gasteiger partial charge in [-0.15, -0.1) is 0 Å². The first-order valence-electron chi connectivity index (χ1n) is 9.22. The second-order valence-electron chi connectivity index (χ2n) is 6.16. The first-order valence-corrected chi connectivity index (χ1v) is 9.63. The number of benzene rings is 1. The Hall–Kier alpha value is -2.42. The van der Waals surface area contributed by atoms with Gasteiger partial charge in [0.05, 0.1) is 24.4 Å². The Bertz CT molecular complexity index is 690. The van der Waals surface area contributed by atoms with Crippen LogP contribution in [0.3, 0.4) is 0 Å². The number of nitro groups is 1. The number of rotatable bonds is 8. The van der Waals surface area contributed by atoms with Crippen LogP contribution in [0.2, 0.25) is 0 Å². The maximum Gasteiger partial charge on any atom is 0.311 e. The minimum absolute atomic E-state index is 0.135. The molecule has 1 fully saturated rings. The summed E-state index contributed by atoms with van der Waals surface area (Å²) in [6.45, 7) is 4.34. The highest BCUT2D eigenvalue weighted by atomic mass is 32.1. The quantitative estimate of drug-likeness (QED) is 0.301. The number of hydrogen-bond acceptors (Lipinski definition) is 6. The Morgan fingerprint density at radius 3 is 2.56 bits per heavy atom. The number of hydrazone groups is 1. The van der Waals surface area contributed by atoms with Crippen LogP contribution in [0.15, 0.2) is 17.2 Å². The van der Waals surface area contributed by atoms with E-state index in [4.69, 9.17) is 21.7 Å². The molecule has 1 aromatic rings. The maximum atomic E-state index is 11.3. The third-order valence-corrected chi connectivity index (χ3v) is 4.41. The van der Waals surface area contributed by atoms with Gasteiger partial charge in [-0.05, 0) is 38.9 Å². The number of ether oxygens (including phenoxy) is 2. The zero-order valence-corrected chi connectivity index (χ0v) is 16.5. The molecule has 0 atom stereocenters. The first-order chi connectivity index (χ1) is 13.0. The van der Waals surface area contributed by atoms with Crippen molar-refractivity contribution >= 4 is 29.2 Å². The smallest absolute Gasteiger partial charge is 0.311 e. The highest BCUT2D eigenvalue weighted by Crippen LogP contribution is 2.34. The van der Waals surface area contributed by atoms with Crippen molar-refractivity contribution in [2.75, 3.05) is 13.2 Å². The van der Waals surface area contributed by atoms with E-state index in [1.165, 1.54) is 37.6 Å². The SMILES string of the molecule is CCOc1cc(OCC)c([N+](=O)[O-])cc1/C=N\NC(=S)NC1CCCCC1. The van der Waals surface area contributed by atoms with Gasteiger partial charge in [-0.25, -0.2) is 0 Å². The van der Waals surface area contributed by atoms with E-state index in [0.29, 0.717) is 35.7 Å². The standard InChI is InChI=1S/C18H26N4O4S/c1-3-25-16-11-17(26-4-2)15(22(23)24)10-13(16)12-19-21-18(27)20-14-8-6-5-7-9-14/h10-12,14H,3-9H2,1-2H3,(H2,20,21,27)/b19-12-. The van der Waals surface area contributed by atoms with Gasteiger partial charge in [-0.3, -0.25) is 15.5 Å². The Morgan fingerprint density at radius 1 is 1.26 bits per heavy atom. The molecule has 0 radical (unpaired) electrons. The molecule has 0 amide bonds. The van der Waals surface area contributed by atoms with Crippen molar-refractivity contribution in [3.05, 3.63) is 27.8 Å². The zero-order valence-electron chi connectivity index (χ0n) is 15.7. The van der Waals surface area contributed by atoms with Crippen molar-refractivity contribution in [2.45, 2.75) is 52.0 Å². The van der Waals surface area contributed by atoms with Crippen molar-refractivity contribution in [1.29, 1.82) is 0 Å². The predicted octanol–water partition coefficient (Wildman–Crippen LogP) is 3.52. The molecule has 148 valence electrons. The molecule has 0 spiro atoms. The fraction of sp³-hybridized carbons (Fsp3) is 0.556. The van der Waals surface area contributed by atoms with Crippen LogP contribution in [0.5, 0.6) is 11.5 Å². The minimum Gasteiger partial charge on any atom is -0.493 e. The molecule has 1 aromatic carbocycles. The molecule has 0 saturated heterocycles. The second kappa shape index (κ2) is 10.7. The van der Waals surface area contributed by atoms with Gasteiger partial charge in [0.25, 0.3) is 0 Å². The molecule has 0 aromatic heterocycles. The fourth-order valence-corrected chi connectivity index (χ4v) is 3.21. The van der Waals surface area contributed by atoms with Gasteiger partial charge < -0.3 is 14.8 Å². The number of hydrogen-bond donors (Lipinski definition) is 2. The molecule has 1 aliphatic carbocycles. The fourth-order valence-electron chi connectivity index (χ4n) is 2.99. The average Bonchev–Trinajstić information content (AvgIpc) is 2.64. The Morgan fingerprint density at radius 2 is 1.93 bits per heavy atom. The number of nitrogens with zero attached hydrogens (tertiary/aromatic N) is 2. The van der Waals surface area contributed by atoms with Crippen LogP contribution in [0.1, 0.15) is 51.5 Å². The summed E-state index contributed by atoms with van der Waals surface area (Å²) in [4.78, 5) is 10.8. The van der Waals surface area contributed by atoms with Crippen molar-refractivity contribution in [2.24, 2.45) is 5.10 Å². The highest BCUT2D eigenvalue weighted by molar-refractivity contribution is 7.80. The molecule has 27 heavy (non-hydrogen) atoms. The van der Waals surface area contributed by atoms with Crippen LogP contribution >= 0.6 is 12.2 Å². The molecule has 1 saturated carbocycles. The van der Waals surface area contributed by atoms with Gasteiger partial charge >= 0.3 is 5.69 Å². The lowest BCUT2D eigenvalue weighted by Gasteiger charge is -2.23. The molecule has 2 N–H and O–H groups in total. The molecule has 0 aliphatic heterocycles. The second-order valence-corrected chi connectivity index (χ2v) is 6.57. The Labute approximate surface area is 164 Å². The third kappa shape index (κ3) is 6.35. The van der Waals surface area contributed by atoms with Gasteiger partial charge in [0.15, 0.2) is 5.11 Å². The summed E-state index contributed by atoms with van der Waals surface area (Å²) in [5, 5.41) is 19.1. The van der Waals surface area contributed by atoms with Gasteiger partial charge in [0.1, 0.15) is 5.75 Å². The van der Waals surface area contributed by atoms with Crippen LogP contribution in [0.25, 0.3) is 0 Å². The van der Waals surface area contributed by atoms with E-state index >= 15 is 0 Å². The average molecular weight is 394 g/mol. The van der Waals surface area contributed by atoms with Gasteiger partial charge in [-0.2, -0.15) is 5.10 Å². The normalized spacial score (nSPS) is 14.7. The number of nitro benzene ring substituents is 1. The summed E-state index contributed by atoms with van der Waals surface area (Å²) < 4.78 is 10.9. The highest BCUT2D eigenvalue weighted by Gasteiger charge is 2.20. The van der Waals surface area contributed by atoms with Gasteiger partial charge in [-0.1, -0.05) is 19.3 Å². The van der Waals surface area contributed by atoms with Crippen LogP contribution in [-0.4, -0.2) is 35.5 Å². The summed E-state index contributed by atoms with van der Waals surface area (Å²) in [6.07, 6.45) is 7.35. The molecular formula is C18H26N4O4S.